The number of para-hydroxylation sites is 1. The quantitative estimate of drug-likeness (QED) is 0.602. The first-order valence-corrected chi connectivity index (χ1v) is 13.1. The Labute approximate surface area is 181 Å². The lowest BCUT2D eigenvalue weighted by Gasteiger charge is -2.12. The van der Waals surface area contributed by atoms with Crippen molar-refractivity contribution in [3.8, 4) is 11.5 Å². The Hall–Kier alpha value is -2.85. The highest BCUT2D eigenvalue weighted by Gasteiger charge is 2.33. The van der Waals surface area contributed by atoms with Gasteiger partial charge in [0.25, 0.3) is 10.0 Å². The number of aromatic nitrogens is 2. The predicted molar refractivity (Wildman–Crippen MR) is 118 cm³/mol. The van der Waals surface area contributed by atoms with Crippen molar-refractivity contribution in [1.29, 1.82) is 0 Å². The van der Waals surface area contributed by atoms with Gasteiger partial charge < -0.3 is 4.74 Å². The molecule has 0 aliphatic carbocycles. The minimum Gasteiger partial charge on any atom is -0.457 e. The second kappa shape index (κ2) is 8.01. The summed E-state index contributed by atoms with van der Waals surface area (Å²) in [5.41, 5.74) is 1.14. The molecule has 1 aliphatic rings. The third-order valence-electron chi connectivity index (χ3n) is 5.17. The highest BCUT2D eigenvalue weighted by Crippen LogP contribution is 2.30. The minimum absolute atomic E-state index is 0.0231. The van der Waals surface area contributed by atoms with Gasteiger partial charge in [0.15, 0.2) is 9.84 Å². The molecule has 1 aliphatic heterocycles. The molecule has 3 aromatic rings. The Balaban J connectivity index is 1.54. The number of anilines is 1. The Morgan fingerprint density at radius 2 is 1.68 bits per heavy atom. The monoisotopic (exact) mass is 461 g/mol. The first-order valence-electron chi connectivity index (χ1n) is 9.76. The van der Waals surface area contributed by atoms with E-state index < -0.39 is 19.9 Å². The molecule has 0 bridgehead atoms. The number of rotatable bonds is 6. The van der Waals surface area contributed by atoms with Crippen LogP contribution in [0.25, 0.3) is 0 Å². The highest BCUT2D eigenvalue weighted by molar-refractivity contribution is 7.92. The van der Waals surface area contributed by atoms with E-state index in [1.165, 1.54) is 4.68 Å². The van der Waals surface area contributed by atoms with E-state index in [0.717, 1.165) is 0 Å². The van der Waals surface area contributed by atoms with E-state index in [4.69, 9.17) is 4.74 Å². The van der Waals surface area contributed by atoms with Crippen molar-refractivity contribution in [2.75, 3.05) is 16.2 Å². The van der Waals surface area contributed by atoms with Gasteiger partial charge in [-0.15, -0.1) is 0 Å². The fourth-order valence-corrected chi connectivity index (χ4v) is 6.93. The van der Waals surface area contributed by atoms with E-state index >= 15 is 0 Å². The summed E-state index contributed by atoms with van der Waals surface area (Å²) in [6, 6.07) is 15.5. The van der Waals surface area contributed by atoms with Crippen LogP contribution in [-0.4, -0.2) is 38.1 Å². The van der Waals surface area contributed by atoms with Gasteiger partial charge in [-0.05, 0) is 56.7 Å². The third-order valence-corrected chi connectivity index (χ3v) is 8.55. The molecule has 1 N–H and O–H groups in total. The van der Waals surface area contributed by atoms with Gasteiger partial charge in [-0.1, -0.05) is 18.2 Å². The van der Waals surface area contributed by atoms with E-state index in [1.54, 1.807) is 38.1 Å². The molecule has 1 aromatic heterocycles. The molecule has 1 saturated heterocycles. The van der Waals surface area contributed by atoms with E-state index in [0.29, 0.717) is 35.0 Å². The Morgan fingerprint density at radius 3 is 2.29 bits per heavy atom. The number of nitrogens with one attached hydrogen (secondary N) is 1. The van der Waals surface area contributed by atoms with Crippen LogP contribution < -0.4 is 9.46 Å². The third kappa shape index (κ3) is 4.59. The topological polar surface area (TPSA) is 107 Å². The molecule has 1 fully saturated rings. The Bertz CT molecular complexity index is 1300. The van der Waals surface area contributed by atoms with Crippen molar-refractivity contribution in [1.82, 2.24) is 9.78 Å². The van der Waals surface area contributed by atoms with Crippen LogP contribution in [-0.2, 0) is 19.9 Å². The fourth-order valence-electron chi connectivity index (χ4n) is 3.78. The number of sulfonamides is 1. The molecule has 8 nitrogen and oxygen atoms in total. The molecular weight excluding hydrogens is 438 g/mol. The molecule has 31 heavy (non-hydrogen) atoms. The first kappa shape index (κ1) is 21.4. The fraction of sp³-hybridized carbons (Fsp3) is 0.286. The molecule has 0 saturated carbocycles. The van der Waals surface area contributed by atoms with Gasteiger partial charge in [-0.2, -0.15) is 5.10 Å². The number of benzene rings is 2. The SMILES string of the molecule is Cc1nn([C@@H]2CCS(=O)(=O)C2)c(C)c1S(=O)(=O)Nc1ccc(Oc2ccccc2)cc1. The lowest BCUT2D eigenvalue weighted by atomic mass is 10.2. The Morgan fingerprint density at radius 1 is 1.03 bits per heavy atom. The van der Waals surface area contributed by atoms with Crippen LogP contribution in [0.3, 0.4) is 0 Å². The summed E-state index contributed by atoms with van der Waals surface area (Å²) in [5, 5.41) is 4.34. The van der Waals surface area contributed by atoms with Gasteiger partial charge in [0.05, 0.1) is 28.9 Å². The van der Waals surface area contributed by atoms with Gasteiger partial charge in [0, 0.05) is 5.69 Å². The van der Waals surface area contributed by atoms with Crippen molar-refractivity contribution >= 4 is 25.5 Å². The van der Waals surface area contributed by atoms with Crippen molar-refractivity contribution < 1.29 is 21.6 Å². The van der Waals surface area contributed by atoms with Crippen LogP contribution in [0, 0.1) is 13.8 Å². The van der Waals surface area contributed by atoms with Crippen molar-refractivity contribution in [3.63, 3.8) is 0 Å². The van der Waals surface area contributed by atoms with Crippen LogP contribution in [0.5, 0.6) is 11.5 Å². The molecule has 164 valence electrons. The van der Waals surface area contributed by atoms with E-state index in [2.05, 4.69) is 9.82 Å². The molecule has 4 rings (SSSR count). The predicted octanol–water partition coefficient (Wildman–Crippen LogP) is 3.45. The van der Waals surface area contributed by atoms with Crippen molar-refractivity contribution in [3.05, 3.63) is 66.0 Å². The van der Waals surface area contributed by atoms with E-state index in [9.17, 15) is 16.8 Å². The summed E-state index contributed by atoms with van der Waals surface area (Å²) < 4.78 is 59.6. The second-order valence-electron chi connectivity index (χ2n) is 7.55. The summed E-state index contributed by atoms with van der Waals surface area (Å²) in [4.78, 5) is 0.0708. The largest absolute Gasteiger partial charge is 0.457 e. The minimum atomic E-state index is -3.91. The van der Waals surface area contributed by atoms with Crippen LogP contribution in [0.1, 0.15) is 23.9 Å². The molecular formula is C21H23N3O5S2. The van der Waals surface area contributed by atoms with E-state index in [1.807, 2.05) is 30.3 Å². The number of sulfone groups is 1. The maximum absolute atomic E-state index is 13.1. The molecule has 0 radical (unpaired) electrons. The maximum Gasteiger partial charge on any atom is 0.265 e. The van der Waals surface area contributed by atoms with Gasteiger partial charge in [0.2, 0.25) is 0 Å². The number of aryl methyl sites for hydroxylation is 1. The zero-order valence-corrected chi connectivity index (χ0v) is 18.8. The number of ether oxygens (including phenoxy) is 1. The van der Waals surface area contributed by atoms with Crippen LogP contribution >= 0.6 is 0 Å². The summed E-state index contributed by atoms with van der Waals surface area (Å²) in [5.74, 6) is 1.33. The van der Waals surface area contributed by atoms with Crippen LogP contribution in [0.2, 0.25) is 0 Å². The highest BCUT2D eigenvalue weighted by atomic mass is 32.2. The van der Waals surface area contributed by atoms with Gasteiger partial charge in [0.1, 0.15) is 16.4 Å². The average molecular weight is 462 g/mol. The summed E-state index contributed by atoms with van der Waals surface area (Å²) in [7, 11) is -7.02. The standard InChI is InChI=1S/C21H23N3O5S2/c1-15-21(16(2)24(22-15)18-12-13-30(25,26)14-18)31(27,28)23-17-8-10-20(11-9-17)29-19-6-4-3-5-7-19/h3-11,18,23H,12-14H2,1-2H3/t18-/m1/s1. The summed E-state index contributed by atoms with van der Waals surface area (Å²) in [6.45, 7) is 3.26. The molecule has 10 heteroatoms. The van der Waals surface area contributed by atoms with Crippen LogP contribution in [0.4, 0.5) is 5.69 Å². The molecule has 0 spiro atoms. The maximum atomic E-state index is 13.1. The lowest BCUT2D eigenvalue weighted by molar-refractivity contribution is 0.482. The van der Waals surface area contributed by atoms with E-state index in [-0.39, 0.29) is 22.4 Å². The normalized spacial score (nSPS) is 18.1. The molecule has 1 atom stereocenters. The molecule has 2 heterocycles. The van der Waals surface area contributed by atoms with Gasteiger partial charge in [-0.3, -0.25) is 9.40 Å². The average Bonchev–Trinajstić information content (AvgIpc) is 3.22. The first-order chi connectivity index (χ1) is 14.6. The summed E-state index contributed by atoms with van der Waals surface area (Å²) in [6.07, 6.45) is 0.431. The molecule has 2 aromatic carbocycles. The van der Waals surface area contributed by atoms with Gasteiger partial charge >= 0.3 is 0 Å². The lowest BCUT2D eigenvalue weighted by Crippen LogP contribution is -2.17. The van der Waals surface area contributed by atoms with Crippen molar-refractivity contribution in [2.24, 2.45) is 0 Å². The number of hydrogen-bond acceptors (Lipinski definition) is 6. The number of nitrogens with zero attached hydrogens (tertiary/aromatic N) is 2. The van der Waals surface area contributed by atoms with Crippen LogP contribution in [0.15, 0.2) is 59.5 Å². The number of hydrogen-bond donors (Lipinski definition) is 1. The zero-order valence-electron chi connectivity index (χ0n) is 17.1. The molecule has 0 amide bonds. The Kier molecular flexibility index (Phi) is 5.52. The van der Waals surface area contributed by atoms with Gasteiger partial charge in [-0.25, -0.2) is 16.8 Å². The second-order valence-corrected chi connectivity index (χ2v) is 11.4. The van der Waals surface area contributed by atoms with Crippen molar-refractivity contribution in [2.45, 2.75) is 31.2 Å². The molecule has 0 unspecified atom stereocenters. The smallest absolute Gasteiger partial charge is 0.265 e. The zero-order chi connectivity index (χ0) is 22.2. The summed E-state index contributed by atoms with van der Waals surface area (Å²) >= 11 is 0.